The third-order valence-corrected chi connectivity index (χ3v) is 5.79. The molecule has 8 nitrogen and oxygen atoms in total. The second kappa shape index (κ2) is 7.09. The number of hydrogen-bond donors (Lipinski definition) is 2. The molecule has 4 rings (SSSR count). The minimum absolute atomic E-state index is 0.138. The van der Waals surface area contributed by atoms with Crippen molar-refractivity contribution in [1.29, 1.82) is 0 Å². The van der Waals surface area contributed by atoms with E-state index in [1.54, 1.807) is 4.90 Å². The maximum Gasteiger partial charge on any atom is 0.259 e. The van der Waals surface area contributed by atoms with Gasteiger partial charge in [0.1, 0.15) is 11.4 Å². The van der Waals surface area contributed by atoms with Crippen molar-refractivity contribution in [2.24, 2.45) is 0 Å². The van der Waals surface area contributed by atoms with Crippen LogP contribution in [0.5, 0.6) is 0 Å². The summed E-state index contributed by atoms with van der Waals surface area (Å²) >= 11 is 0. The number of anilines is 1. The predicted octanol–water partition coefficient (Wildman–Crippen LogP) is 1.07. The van der Waals surface area contributed by atoms with Crippen LogP contribution < -0.4 is 5.73 Å². The molecule has 1 atom stereocenters. The number of β-amino-alcohol motifs (C(OH)–C–C–N with tert-alkyl or cyclic N) is 1. The molecule has 0 unspecified atom stereocenters. The molecule has 2 aromatic heterocycles. The Kier molecular flexibility index (Phi) is 4.77. The number of fused-ring (bicyclic) bond motifs is 1. The highest BCUT2D eigenvalue weighted by Crippen LogP contribution is 2.26. The first kappa shape index (κ1) is 18.2. The highest BCUT2D eigenvalue weighted by Gasteiger charge is 2.34. The first-order valence-corrected chi connectivity index (χ1v) is 9.80. The molecule has 0 bridgehead atoms. The molecule has 1 amide bonds. The Bertz CT molecular complexity index is 844. The molecule has 146 valence electrons. The zero-order valence-electron chi connectivity index (χ0n) is 15.9. The molecular formula is C19H28N6O2. The fraction of sp³-hybridized carbons (Fsp3) is 0.632. The Morgan fingerprint density at radius 3 is 2.78 bits per heavy atom. The zero-order chi connectivity index (χ0) is 19.0. The van der Waals surface area contributed by atoms with Gasteiger partial charge in [0.15, 0.2) is 5.65 Å². The lowest BCUT2D eigenvalue weighted by atomic mass is 9.94. The molecular weight excluding hydrogens is 344 g/mol. The van der Waals surface area contributed by atoms with Crippen molar-refractivity contribution < 1.29 is 9.90 Å². The molecule has 2 fully saturated rings. The van der Waals surface area contributed by atoms with Gasteiger partial charge in [0.05, 0.1) is 11.3 Å². The fourth-order valence-electron chi connectivity index (χ4n) is 4.30. The molecule has 4 heterocycles. The van der Waals surface area contributed by atoms with Crippen molar-refractivity contribution in [3.05, 3.63) is 23.5 Å². The van der Waals surface area contributed by atoms with Crippen LogP contribution in [-0.2, 0) is 0 Å². The Balaban J connectivity index is 1.48. The van der Waals surface area contributed by atoms with Crippen LogP contribution in [0.25, 0.3) is 5.65 Å². The lowest BCUT2D eigenvalue weighted by Crippen LogP contribution is -2.43. The van der Waals surface area contributed by atoms with E-state index in [4.69, 9.17) is 5.73 Å². The Morgan fingerprint density at radius 2 is 2.00 bits per heavy atom. The molecule has 8 heteroatoms. The maximum absolute atomic E-state index is 13.1. The van der Waals surface area contributed by atoms with E-state index in [1.165, 1.54) is 23.6 Å². The van der Waals surface area contributed by atoms with Gasteiger partial charge < -0.3 is 20.6 Å². The number of nitrogens with two attached hydrogens (primary N) is 1. The molecule has 2 saturated heterocycles. The van der Waals surface area contributed by atoms with Crippen molar-refractivity contribution >= 4 is 17.4 Å². The molecule has 0 aromatic carbocycles. The van der Waals surface area contributed by atoms with Crippen LogP contribution in [0.15, 0.2) is 12.3 Å². The second-order valence-corrected chi connectivity index (χ2v) is 7.97. The van der Waals surface area contributed by atoms with Gasteiger partial charge in [-0.3, -0.25) is 4.79 Å². The first-order valence-electron chi connectivity index (χ1n) is 9.80. The Labute approximate surface area is 159 Å². The molecule has 27 heavy (non-hydrogen) atoms. The summed E-state index contributed by atoms with van der Waals surface area (Å²) in [5, 5.41) is 15.4. The number of aromatic nitrogens is 3. The van der Waals surface area contributed by atoms with E-state index >= 15 is 0 Å². The summed E-state index contributed by atoms with van der Waals surface area (Å²) in [4.78, 5) is 21.5. The summed E-state index contributed by atoms with van der Waals surface area (Å²) in [6.45, 7) is 5.85. The number of hydrogen-bond acceptors (Lipinski definition) is 6. The van der Waals surface area contributed by atoms with Gasteiger partial charge in [-0.1, -0.05) is 0 Å². The molecule has 3 N–H and O–H groups in total. The molecule has 0 spiro atoms. The topological polar surface area (TPSA) is 100.0 Å². The molecule has 0 radical (unpaired) electrons. The summed E-state index contributed by atoms with van der Waals surface area (Å²) < 4.78 is 1.52. The van der Waals surface area contributed by atoms with E-state index in [9.17, 15) is 9.90 Å². The summed E-state index contributed by atoms with van der Waals surface area (Å²) in [6, 6.07) is 1.83. The molecule has 0 saturated carbocycles. The average Bonchev–Trinajstić information content (AvgIpc) is 3.22. The largest absolute Gasteiger partial charge is 0.388 e. The second-order valence-electron chi connectivity index (χ2n) is 7.97. The van der Waals surface area contributed by atoms with Gasteiger partial charge in [0.25, 0.3) is 5.91 Å². The van der Waals surface area contributed by atoms with Gasteiger partial charge in [0.2, 0.25) is 0 Å². The van der Waals surface area contributed by atoms with Crippen molar-refractivity contribution in [3.8, 4) is 0 Å². The highest BCUT2D eigenvalue weighted by atomic mass is 16.3. The SMILES string of the molecule is Cc1cc2ncc(C(=O)N3CCC[C@@](O)(CN4CCCC4)CC3)c(N)n2n1. The van der Waals surface area contributed by atoms with Crippen molar-refractivity contribution in [2.45, 2.75) is 44.6 Å². The lowest BCUT2D eigenvalue weighted by molar-refractivity contribution is -0.00290. The number of likely N-dealkylation sites (tertiary alicyclic amines) is 2. The van der Waals surface area contributed by atoms with E-state index in [0.29, 0.717) is 43.1 Å². The van der Waals surface area contributed by atoms with E-state index < -0.39 is 5.60 Å². The average molecular weight is 372 g/mol. The molecule has 2 aromatic rings. The van der Waals surface area contributed by atoms with Gasteiger partial charge in [0, 0.05) is 31.9 Å². The quantitative estimate of drug-likeness (QED) is 0.836. The smallest absolute Gasteiger partial charge is 0.259 e. The van der Waals surface area contributed by atoms with E-state index in [0.717, 1.165) is 31.6 Å². The molecule has 2 aliphatic rings. The van der Waals surface area contributed by atoms with Crippen molar-refractivity contribution in [1.82, 2.24) is 24.4 Å². The minimum atomic E-state index is -0.716. The van der Waals surface area contributed by atoms with Crippen LogP contribution in [0.4, 0.5) is 5.82 Å². The predicted molar refractivity (Wildman–Crippen MR) is 103 cm³/mol. The third kappa shape index (κ3) is 3.64. The van der Waals surface area contributed by atoms with Gasteiger partial charge in [-0.2, -0.15) is 9.61 Å². The monoisotopic (exact) mass is 372 g/mol. The number of amides is 1. The highest BCUT2D eigenvalue weighted by molar-refractivity contribution is 5.98. The number of aliphatic hydroxyl groups is 1. The third-order valence-electron chi connectivity index (χ3n) is 5.79. The number of nitrogens with zero attached hydrogens (tertiary/aromatic N) is 5. The van der Waals surface area contributed by atoms with Crippen molar-refractivity contribution in [2.75, 3.05) is 38.5 Å². The summed E-state index contributed by atoms with van der Waals surface area (Å²) in [6.07, 6.45) is 6.05. The Morgan fingerprint density at radius 1 is 1.22 bits per heavy atom. The van der Waals surface area contributed by atoms with Crippen LogP contribution in [0.3, 0.4) is 0 Å². The van der Waals surface area contributed by atoms with Crippen LogP contribution in [0, 0.1) is 6.92 Å². The van der Waals surface area contributed by atoms with Gasteiger partial charge in [-0.15, -0.1) is 0 Å². The summed E-state index contributed by atoms with van der Waals surface area (Å²) in [5.41, 5.74) is 7.30. The number of nitrogen functional groups attached to an aromatic ring is 1. The molecule has 2 aliphatic heterocycles. The van der Waals surface area contributed by atoms with Crippen LogP contribution in [0.2, 0.25) is 0 Å². The Hall–Kier alpha value is -2.19. The maximum atomic E-state index is 13.1. The van der Waals surface area contributed by atoms with Gasteiger partial charge in [-0.25, -0.2) is 4.98 Å². The first-order chi connectivity index (χ1) is 13.0. The van der Waals surface area contributed by atoms with E-state index in [1.807, 2.05) is 13.0 Å². The normalized spacial score (nSPS) is 24.4. The van der Waals surface area contributed by atoms with Crippen molar-refractivity contribution in [3.63, 3.8) is 0 Å². The fourth-order valence-corrected chi connectivity index (χ4v) is 4.30. The number of rotatable bonds is 3. The number of carbonyl (C=O) groups is 1. The van der Waals surface area contributed by atoms with Crippen LogP contribution >= 0.6 is 0 Å². The van der Waals surface area contributed by atoms with Gasteiger partial charge in [-0.05, 0) is 52.1 Å². The summed E-state index contributed by atoms with van der Waals surface area (Å²) in [7, 11) is 0. The molecule has 0 aliphatic carbocycles. The standard InChI is InChI=1S/C19H28N6O2/c1-14-11-16-21-12-15(17(20)25(16)22-14)18(26)24-9-4-5-19(27,6-10-24)13-23-7-2-3-8-23/h11-12,27H,2-10,13,20H2,1H3/t19-/m0/s1. The lowest BCUT2D eigenvalue weighted by Gasteiger charge is -2.31. The number of carbonyl (C=O) groups excluding carboxylic acids is 1. The zero-order valence-corrected chi connectivity index (χ0v) is 15.9. The summed E-state index contributed by atoms with van der Waals surface area (Å²) in [5.74, 6) is 0.176. The van der Waals surface area contributed by atoms with E-state index in [2.05, 4.69) is 15.0 Å². The van der Waals surface area contributed by atoms with E-state index in [-0.39, 0.29) is 5.91 Å². The van der Waals surface area contributed by atoms with Crippen LogP contribution in [-0.4, -0.2) is 73.7 Å². The van der Waals surface area contributed by atoms with Crippen LogP contribution in [0.1, 0.15) is 48.2 Å². The minimum Gasteiger partial charge on any atom is -0.388 e. The van der Waals surface area contributed by atoms with Gasteiger partial charge >= 0.3 is 0 Å². The number of aryl methyl sites for hydroxylation is 1.